The number of nitrogens with two attached hydrogens (primary N) is 1. The summed E-state index contributed by atoms with van der Waals surface area (Å²) in [5, 5.41) is 2.54. The Morgan fingerprint density at radius 2 is 2.16 bits per heavy atom. The molecule has 1 fully saturated rings. The highest BCUT2D eigenvalue weighted by molar-refractivity contribution is 5.92. The molecule has 0 bridgehead atoms. The van der Waals surface area contributed by atoms with E-state index in [1.807, 2.05) is 11.8 Å². The summed E-state index contributed by atoms with van der Waals surface area (Å²) in [4.78, 5) is 13.7. The van der Waals surface area contributed by atoms with E-state index in [0.717, 1.165) is 18.7 Å². The Morgan fingerprint density at radius 3 is 2.74 bits per heavy atom. The van der Waals surface area contributed by atoms with E-state index >= 15 is 0 Å². The van der Waals surface area contributed by atoms with Gasteiger partial charge in [-0.25, -0.2) is 8.78 Å². The second kappa shape index (κ2) is 5.63. The highest BCUT2D eigenvalue weighted by Gasteiger charge is 2.27. The molecule has 1 amide bonds. The molecule has 1 heterocycles. The Bertz CT molecular complexity index is 471. The lowest BCUT2D eigenvalue weighted by atomic mass is 10.1. The van der Waals surface area contributed by atoms with E-state index in [1.54, 1.807) is 0 Å². The van der Waals surface area contributed by atoms with Gasteiger partial charge in [-0.2, -0.15) is 0 Å². The van der Waals surface area contributed by atoms with Crippen LogP contribution in [0.2, 0.25) is 0 Å². The fourth-order valence-electron chi connectivity index (χ4n) is 2.20. The maximum absolute atomic E-state index is 13.0. The number of carbonyl (C=O) groups is 1. The van der Waals surface area contributed by atoms with Crippen LogP contribution in [-0.2, 0) is 4.79 Å². The molecule has 0 spiro atoms. The highest BCUT2D eigenvalue weighted by atomic mass is 19.2. The van der Waals surface area contributed by atoms with Gasteiger partial charge in [-0.3, -0.25) is 9.69 Å². The first-order chi connectivity index (χ1) is 8.95. The van der Waals surface area contributed by atoms with Crippen molar-refractivity contribution in [3.63, 3.8) is 0 Å². The van der Waals surface area contributed by atoms with Gasteiger partial charge >= 0.3 is 0 Å². The van der Waals surface area contributed by atoms with E-state index < -0.39 is 11.6 Å². The third-order valence-electron chi connectivity index (χ3n) is 3.32. The molecular formula is C13H17F2N3O. The topological polar surface area (TPSA) is 58.4 Å². The number of hydrogen-bond donors (Lipinski definition) is 2. The van der Waals surface area contributed by atoms with Crippen molar-refractivity contribution < 1.29 is 13.6 Å². The zero-order valence-corrected chi connectivity index (χ0v) is 10.7. The number of nitrogens with zero attached hydrogens (tertiary/aromatic N) is 1. The van der Waals surface area contributed by atoms with Gasteiger partial charge in [0.15, 0.2) is 11.6 Å². The molecule has 0 saturated carbocycles. The van der Waals surface area contributed by atoms with Crippen molar-refractivity contribution in [3.8, 4) is 0 Å². The van der Waals surface area contributed by atoms with Crippen LogP contribution in [0.5, 0.6) is 0 Å². The number of benzene rings is 1. The number of carbonyl (C=O) groups excluding carboxylic acids is 1. The van der Waals surface area contributed by atoms with Gasteiger partial charge in [0.1, 0.15) is 0 Å². The predicted octanol–water partition coefficient (Wildman–Crippen LogP) is 1.18. The maximum Gasteiger partial charge on any atom is 0.238 e. The van der Waals surface area contributed by atoms with Crippen molar-refractivity contribution in [1.29, 1.82) is 0 Å². The van der Waals surface area contributed by atoms with Gasteiger partial charge < -0.3 is 11.1 Å². The fraction of sp³-hybridized carbons (Fsp3) is 0.462. The quantitative estimate of drug-likeness (QED) is 0.866. The summed E-state index contributed by atoms with van der Waals surface area (Å²) in [5.41, 5.74) is 6.12. The molecule has 104 valence electrons. The maximum atomic E-state index is 13.0. The minimum atomic E-state index is -0.977. The second-order valence-electron chi connectivity index (χ2n) is 5.01. The lowest BCUT2D eigenvalue weighted by Crippen LogP contribution is -2.33. The van der Waals surface area contributed by atoms with Gasteiger partial charge in [0.05, 0.1) is 6.54 Å². The van der Waals surface area contributed by atoms with E-state index in [-0.39, 0.29) is 24.2 Å². The number of amides is 1. The summed E-state index contributed by atoms with van der Waals surface area (Å²) in [6.07, 6.45) is 0. The van der Waals surface area contributed by atoms with Gasteiger partial charge in [-0.15, -0.1) is 0 Å². The Balaban J connectivity index is 1.89. The third kappa shape index (κ3) is 3.48. The lowest BCUT2D eigenvalue weighted by molar-refractivity contribution is -0.117. The Hall–Kier alpha value is -1.53. The van der Waals surface area contributed by atoms with Gasteiger partial charge in [0.25, 0.3) is 0 Å². The molecule has 2 atom stereocenters. The molecule has 19 heavy (non-hydrogen) atoms. The summed E-state index contributed by atoms with van der Waals surface area (Å²) in [6, 6.07) is 3.36. The van der Waals surface area contributed by atoms with Crippen molar-refractivity contribution in [2.75, 3.05) is 25.0 Å². The van der Waals surface area contributed by atoms with E-state index in [4.69, 9.17) is 5.73 Å². The number of nitrogens with one attached hydrogen (secondary N) is 1. The summed E-state index contributed by atoms with van der Waals surface area (Å²) in [7, 11) is 0. The number of anilines is 1. The molecule has 6 heteroatoms. The molecule has 2 unspecified atom stereocenters. The van der Waals surface area contributed by atoms with E-state index in [9.17, 15) is 13.6 Å². The van der Waals surface area contributed by atoms with Gasteiger partial charge in [-0.1, -0.05) is 6.92 Å². The molecule has 2 rings (SSSR count). The molecule has 0 aliphatic carbocycles. The van der Waals surface area contributed by atoms with Gasteiger partial charge in [0, 0.05) is 30.9 Å². The number of rotatable bonds is 3. The molecule has 1 aliphatic rings. The second-order valence-corrected chi connectivity index (χ2v) is 5.01. The summed E-state index contributed by atoms with van der Waals surface area (Å²) in [5.74, 6) is -1.81. The summed E-state index contributed by atoms with van der Waals surface area (Å²) < 4.78 is 25.7. The van der Waals surface area contributed by atoms with Crippen LogP contribution in [-0.4, -0.2) is 36.5 Å². The van der Waals surface area contributed by atoms with Gasteiger partial charge in [-0.05, 0) is 18.1 Å². The van der Waals surface area contributed by atoms with Crippen LogP contribution < -0.4 is 11.1 Å². The normalized spacial score (nSPS) is 23.6. The first-order valence-electron chi connectivity index (χ1n) is 6.18. The zero-order valence-electron chi connectivity index (χ0n) is 10.7. The van der Waals surface area contributed by atoms with Crippen LogP contribution in [0.4, 0.5) is 14.5 Å². The summed E-state index contributed by atoms with van der Waals surface area (Å²) in [6.45, 7) is 3.69. The summed E-state index contributed by atoms with van der Waals surface area (Å²) >= 11 is 0. The molecule has 1 saturated heterocycles. The average Bonchev–Trinajstić information content (AvgIpc) is 2.63. The van der Waals surface area contributed by atoms with Crippen LogP contribution in [0.1, 0.15) is 6.92 Å². The van der Waals surface area contributed by atoms with Crippen LogP contribution in [0.3, 0.4) is 0 Å². The first-order valence-corrected chi connectivity index (χ1v) is 6.18. The van der Waals surface area contributed by atoms with Crippen molar-refractivity contribution in [3.05, 3.63) is 29.8 Å². The molecule has 1 aromatic carbocycles. The van der Waals surface area contributed by atoms with E-state index in [1.165, 1.54) is 6.07 Å². The molecule has 1 aromatic rings. The van der Waals surface area contributed by atoms with Crippen molar-refractivity contribution in [1.82, 2.24) is 4.90 Å². The van der Waals surface area contributed by atoms with Crippen molar-refractivity contribution in [2.45, 2.75) is 13.0 Å². The van der Waals surface area contributed by atoms with Crippen LogP contribution >= 0.6 is 0 Å². The zero-order chi connectivity index (χ0) is 14.0. The number of hydrogen-bond acceptors (Lipinski definition) is 3. The van der Waals surface area contributed by atoms with Crippen LogP contribution in [0.25, 0.3) is 0 Å². The van der Waals surface area contributed by atoms with E-state index in [2.05, 4.69) is 5.32 Å². The number of halogens is 2. The number of likely N-dealkylation sites (tertiary alicyclic amines) is 1. The van der Waals surface area contributed by atoms with Gasteiger partial charge in [0.2, 0.25) is 5.91 Å². The van der Waals surface area contributed by atoms with E-state index in [0.29, 0.717) is 12.5 Å². The standard InChI is InChI=1S/C13H17F2N3O/c1-8-5-18(6-12(8)16)7-13(19)17-9-2-3-10(14)11(15)4-9/h2-4,8,12H,5-7,16H2,1H3,(H,17,19). The predicted molar refractivity (Wildman–Crippen MR) is 68.6 cm³/mol. The smallest absolute Gasteiger partial charge is 0.238 e. The Labute approximate surface area is 110 Å². The lowest BCUT2D eigenvalue weighted by Gasteiger charge is -2.14. The third-order valence-corrected chi connectivity index (χ3v) is 3.32. The largest absolute Gasteiger partial charge is 0.326 e. The first kappa shape index (κ1) is 13.9. The molecular weight excluding hydrogens is 252 g/mol. The monoisotopic (exact) mass is 269 g/mol. The highest BCUT2D eigenvalue weighted by Crippen LogP contribution is 2.15. The molecule has 4 nitrogen and oxygen atoms in total. The fourth-order valence-corrected chi connectivity index (χ4v) is 2.20. The van der Waals surface area contributed by atoms with Crippen LogP contribution in [0.15, 0.2) is 18.2 Å². The van der Waals surface area contributed by atoms with Crippen molar-refractivity contribution in [2.24, 2.45) is 11.7 Å². The Kier molecular flexibility index (Phi) is 4.11. The van der Waals surface area contributed by atoms with Crippen LogP contribution in [0, 0.1) is 17.6 Å². The minimum Gasteiger partial charge on any atom is -0.326 e. The SMILES string of the molecule is CC1CN(CC(=O)Nc2ccc(F)c(F)c2)CC1N. The molecule has 3 N–H and O–H groups in total. The minimum absolute atomic E-state index is 0.0797. The Morgan fingerprint density at radius 1 is 1.42 bits per heavy atom. The molecule has 0 radical (unpaired) electrons. The average molecular weight is 269 g/mol. The molecule has 1 aliphatic heterocycles. The molecule has 0 aromatic heterocycles. The van der Waals surface area contributed by atoms with Crippen molar-refractivity contribution >= 4 is 11.6 Å².